The van der Waals surface area contributed by atoms with Gasteiger partial charge in [0.1, 0.15) is 32.2 Å². The fraction of sp³-hybridized carbons (Fsp3) is 0.696. The lowest BCUT2D eigenvalue weighted by atomic mass is 9.93. The van der Waals surface area contributed by atoms with E-state index >= 15 is 0 Å². The molecular weight excluding hydrogens is 360 g/mol. The fourth-order valence-electron chi connectivity index (χ4n) is 5.46. The van der Waals surface area contributed by atoms with Crippen LogP contribution in [0.2, 0.25) is 0 Å². The van der Waals surface area contributed by atoms with Crippen LogP contribution in [0, 0.1) is 0 Å². The number of tetrazole rings is 1. The average molecular weight is 399 g/mol. The highest BCUT2D eigenvalue weighted by molar-refractivity contribution is 5.14. The van der Waals surface area contributed by atoms with Crippen molar-refractivity contribution in [3.05, 3.63) is 41.7 Å². The lowest BCUT2D eigenvalue weighted by Crippen LogP contribution is -3.29. The molecule has 0 amide bonds. The molecule has 6 nitrogen and oxygen atoms in total. The molecule has 2 N–H and O–H groups in total. The molecule has 0 bridgehead atoms. The zero-order valence-electron chi connectivity index (χ0n) is 18.0. The number of benzene rings is 1. The number of hydrogen-bond donors (Lipinski definition) is 2. The summed E-state index contributed by atoms with van der Waals surface area (Å²) >= 11 is 0. The Hall–Kier alpha value is -1.79. The van der Waals surface area contributed by atoms with Gasteiger partial charge in [-0.3, -0.25) is 0 Å². The Morgan fingerprint density at radius 1 is 1.03 bits per heavy atom. The summed E-state index contributed by atoms with van der Waals surface area (Å²) < 4.78 is 2.07. The first-order valence-electron chi connectivity index (χ1n) is 11.8. The third-order valence-corrected chi connectivity index (χ3v) is 7.11. The number of piperazine rings is 1. The number of aromatic nitrogens is 4. The van der Waals surface area contributed by atoms with Crippen LogP contribution in [0.3, 0.4) is 0 Å². The molecule has 0 radical (unpaired) electrons. The van der Waals surface area contributed by atoms with E-state index in [9.17, 15) is 0 Å². The van der Waals surface area contributed by atoms with E-state index in [1.807, 2.05) is 4.90 Å². The summed E-state index contributed by atoms with van der Waals surface area (Å²) in [5.74, 6) is 1.10. The van der Waals surface area contributed by atoms with E-state index in [-0.39, 0.29) is 0 Å². The second-order valence-electron chi connectivity index (χ2n) is 8.99. The van der Waals surface area contributed by atoms with Crippen molar-refractivity contribution in [1.82, 2.24) is 20.2 Å². The number of nitrogens with one attached hydrogen (secondary N) is 2. The summed E-state index contributed by atoms with van der Waals surface area (Å²) in [5.41, 5.74) is 1.35. The third kappa shape index (κ3) is 5.23. The Morgan fingerprint density at radius 2 is 1.79 bits per heavy atom. The number of rotatable bonds is 8. The minimum Gasteiger partial charge on any atom is -0.323 e. The van der Waals surface area contributed by atoms with Crippen molar-refractivity contribution < 1.29 is 9.80 Å². The normalized spacial score (nSPS) is 24.4. The Balaban J connectivity index is 1.38. The van der Waals surface area contributed by atoms with Gasteiger partial charge in [0.15, 0.2) is 0 Å². The monoisotopic (exact) mass is 398 g/mol. The predicted molar refractivity (Wildman–Crippen MR) is 114 cm³/mol. The summed E-state index contributed by atoms with van der Waals surface area (Å²) in [7, 11) is 0. The van der Waals surface area contributed by atoms with Crippen molar-refractivity contribution in [2.24, 2.45) is 0 Å². The second kappa shape index (κ2) is 10.3. The molecule has 2 heterocycles. The van der Waals surface area contributed by atoms with Crippen molar-refractivity contribution >= 4 is 0 Å². The van der Waals surface area contributed by atoms with Crippen molar-refractivity contribution in [3.8, 4) is 0 Å². The molecule has 0 spiro atoms. The van der Waals surface area contributed by atoms with Gasteiger partial charge in [-0.15, -0.1) is 5.10 Å². The van der Waals surface area contributed by atoms with Crippen LogP contribution in [0.1, 0.15) is 69.3 Å². The van der Waals surface area contributed by atoms with Gasteiger partial charge in [-0.05, 0) is 48.1 Å². The molecule has 2 fully saturated rings. The van der Waals surface area contributed by atoms with Crippen molar-refractivity contribution in [2.75, 3.05) is 26.2 Å². The fourth-order valence-corrected chi connectivity index (χ4v) is 5.46. The molecule has 0 unspecified atom stereocenters. The quantitative estimate of drug-likeness (QED) is 0.694. The van der Waals surface area contributed by atoms with E-state index in [1.165, 1.54) is 76.7 Å². The number of hydrogen-bond acceptors (Lipinski definition) is 3. The molecule has 158 valence electrons. The maximum Gasteiger partial charge on any atom is 0.209 e. The first kappa shape index (κ1) is 20.5. The van der Waals surface area contributed by atoms with Gasteiger partial charge in [0.25, 0.3) is 0 Å². The predicted octanol–water partition coefficient (Wildman–Crippen LogP) is 0.873. The molecule has 1 aliphatic heterocycles. The Labute approximate surface area is 175 Å². The highest BCUT2D eigenvalue weighted by Crippen LogP contribution is 2.16. The molecule has 1 atom stereocenters. The molecule has 6 heteroatoms. The lowest BCUT2D eigenvalue weighted by Gasteiger charge is -2.38. The average Bonchev–Trinajstić information content (AvgIpc) is 3.26. The van der Waals surface area contributed by atoms with E-state index in [2.05, 4.69) is 57.5 Å². The second-order valence-corrected chi connectivity index (χ2v) is 8.99. The van der Waals surface area contributed by atoms with Crippen molar-refractivity contribution in [2.45, 2.75) is 76.9 Å². The van der Waals surface area contributed by atoms with E-state index in [4.69, 9.17) is 0 Å². The molecule has 1 aromatic heterocycles. The van der Waals surface area contributed by atoms with E-state index in [1.54, 1.807) is 4.90 Å². The van der Waals surface area contributed by atoms with Crippen LogP contribution in [0.25, 0.3) is 0 Å². The zero-order valence-corrected chi connectivity index (χ0v) is 18.0. The van der Waals surface area contributed by atoms with Crippen molar-refractivity contribution in [1.29, 1.82) is 0 Å². The minimum absolute atomic E-state index is 0.429. The van der Waals surface area contributed by atoms with Gasteiger partial charge in [-0.25, -0.2) is 4.68 Å². The molecule has 4 rings (SSSR count). The topological polar surface area (TPSA) is 52.5 Å². The number of nitrogens with zero attached hydrogens (tertiary/aromatic N) is 4. The number of aryl methyl sites for hydroxylation is 2. The van der Waals surface area contributed by atoms with Gasteiger partial charge in [0, 0.05) is 13.0 Å². The largest absolute Gasteiger partial charge is 0.323 e. The lowest BCUT2D eigenvalue weighted by molar-refractivity contribution is -1.04. The van der Waals surface area contributed by atoms with Crippen LogP contribution in [0.15, 0.2) is 30.3 Å². The highest BCUT2D eigenvalue weighted by Gasteiger charge is 2.36. The summed E-state index contributed by atoms with van der Waals surface area (Å²) in [6, 6.07) is 12.0. The summed E-state index contributed by atoms with van der Waals surface area (Å²) in [5, 5.41) is 12.9. The van der Waals surface area contributed by atoms with Crippen LogP contribution in [0.5, 0.6) is 0 Å². The van der Waals surface area contributed by atoms with Crippen molar-refractivity contribution in [3.63, 3.8) is 0 Å². The molecule has 2 aromatic rings. The van der Waals surface area contributed by atoms with Gasteiger partial charge in [0.2, 0.25) is 5.82 Å². The molecule has 1 saturated heterocycles. The maximum absolute atomic E-state index is 4.51. The minimum atomic E-state index is 0.429. The van der Waals surface area contributed by atoms with Gasteiger partial charge < -0.3 is 9.80 Å². The van der Waals surface area contributed by atoms with Gasteiger partial charge in [-0.1, -0.05) is 50.1 Å². The molecule has 2 aliphatic rings. The molecule has 1 saturated carbocycles. The van der Waals surface area contributed by atoms with Gasteiger partial charge in [0.05, 0.1) is 6.04 Å². The van der Waals surface area contributed by atoms with Crippen LogP contribution in [0.4, 0.5) is 0 Å². The maximum atomic E-state index is 4.51. The Morgan fingerprint density at radius 3 is 2.52 bits per heavy atom. The summed E-state index contributed by atoms with van der Waals surface area (Å²) in [6.45, 7) is 8.27. The third-order valence-electron chi connectivity index (χ3n) is 7.11. The molecule has 1 aromatic carbocycles. The smallest absolute Gasteiger partial charge is 0.209 e. The van der Waals surface area contributed by atoms with Crippen LogP contribution in [-0.2, 0) is 13.0 Å². The standard InChI is InChI=1S/C23H36N6/c1-2-9-22(28-18-16-27(17-19-28)21-12-7-4-8-13-21)23-24-25-26-29(23)15-14-20-10-5-3-6-11-20/h3,5-6,10-11,21-22H,2,4,7-9,12-19H2,1H3/p+2/t22-/m0/s1. The highest BCUT2D eigenvalue weighted by atomic mass is 15.6. The number of quaternary nitrogens is 2. The Bertz CT molecular complexity index is 716. The summed E-state index contributed by atoms with van der Waals surface area (Å²) in [6.07, 6.45) is 10.6. The SMILES string of the molecule is CCC[C@@H](c1nnnn1CCc1ccccc1)[NH+]1CC[NH+](C2CCCCC2)CC1. The Kier molecular flexibility index (Phi) is 7.28. The van der Waals surface area contributed by atoms with E-state index in [0.29, 0.717) is 6.04 Å². The zero-order chi connectivity index (χ0) is 19.9. The summed E-state index contributed by atoms with van der Waals surface area (Å²) in [4.78, 5) is 3.56. The van der Waals surface area contributed by atoms with E-state index < -0.39 is 0 Å². The van der Waals surface area contributed by atoms with Gasteiger partial charge in [-0.2, -0.15) is 0 Å². The molecular formula is C23H38N6+2. The van der Waals surface area contributed by atoms with Gasteiger partial charge >= 0.3 is 0 Å². The van der Waals surface area contributed by atoms with Crippen LogP contribution >= 0.6 is 0 Å². The first-order valence-corrected chi connectivity index (χ1v) is 11.8. The molecule has 29 heavy (non-hydrogen) atoms. The van der Waals surface area contributed by atoms with Crippen LogP contribution in [-0.4, -0.2) is 52.4 Å². The molecule has 1 aliphatic carbocycles. The van der Waals surface area contributed by atoms with E-state index in [0.717, 1.165) is 24.8 Å². The first-order chi connectivity index (χ1) is 14.3. The van der Waals surface area contributed by atoms with Crippen LogP contribution < -0.4 is 9.80 Å².